The van der Waals surface area contributed by atoms with E-state index < -0.39 is 9.84 Å². The third kappa shape index (κ3) is 4.91. The van der Waals surface area contributed by atoms with Crippen molar-refractivity contribution in [3.8, 4) is 5.75 Å². The van der Waals surface area contributed by atoms with E-state index in [1.54, 1.807) is 23.1 Å². The summed E-state index contributed by atoms with van der Waals surface area (Å²) in [5, 5.41) is 2.73. The molecular formula is C17H17Cl2NO4S2. The summed E-state index contributed by atoms with van der Waals surface area (Å²) in [6.07, 6.45) is 0.442. The summed E-state index contributed by atoms with van der Waals surface area (Å²) < 4.78 is 29.2. The van der Waals surface area contributed by atoms with E-state index in [1.807, 2.05) is 17.5 Å². The van der Waals surface area contributed by atoms with Gasteiger partial charge in [0.15, 0.2) is 16.4 Å². The Hall–Kier alpha value is -1.28. The fraction of sp³-hybridized carbons (Fsp3) is 0.353. The van der Waals surface area contributed by atoms with E-state index >= 15 is 0 Å². The number of ether oxygens (including phenoxy) is 1. The molecule has 1 aliphatic heterocycles. The van der Waals surface area contributed by atoms with Gasteiger partial charge < -0.3 is 9.64 Å². The molecule has 1 aliphatic rings. The summed E-state index contributed by atoms with van der Waals surface area (Å²) in [6.45, 7) is 0.130. The molecule has 0 spiro atoms. The Morgan fingerprint density at radius 1 is 1.31 bits per heavy atom. The second-order valence-corrected chi connectivity index (χ2v) is 10.1. The van der Waals surface area contributed by atoms with E-state index in [1.165, 1.54) is 11.3 Å². The van der Waals surface area contributed by atoms with E-state index in [0.29, 0.717) is 28.8 Å². The standard InChI is InChI=1S/C17H17Cl2NO4S2/c18-12-3-4-15(19)16(8-12)24-10-17(21)20(9-14-2-1-6-25-14)13-5-7-26(22,23)11-13/h1-4,6,8,13H,5,7,9-11H2. The maximum Gasteiger partial charge on any atom is 0.261 e. The minimum absolute atomic E-state index is 0.0119. The summed E-state index contributed by atoms with van der Waals surface area (Å²) in [4.78, 5) is 15.4. The van der Waals surface area contributed by atoms with Crippen LogP contribution in [0.3, 0.4) is 0 Å². The normalized spacial score (nSPS) is 18.6. The number of hydrogen-bond acceptors (Lipinski definition) is 5. The Labute approximate surface area is 166 Å². The minimum atomic E-state index is -3.10. The monoisotopic (exact) mass is 433 g/mol. The molecule has 3 rings (SSSR count). The van der Waals surface area contributed by atoms with Crippen molar-refractivity contribution >= 4 is 50.3 Å². The van der Waals surface area contributed by atoms with Crippen LogP contribution < -0.4 is 4.74 Å². The molecule has 0 N–H and O–H groups in total. The lowest BCUT2D eigenvalue weighted by Gasteiger charge is -2.28. The zero-order chi connectivity index (χ0) is 18.7. The quantitative estimate of drug-likeness (QED) is 0.697. The van der Waals surface area contributed by atoms with E-state index in [9.17, 15) is 13.2 Å². The Morgan fingerprint density at radius 3 is 2.77 bits per heavy atom. The lowest BCUT2D eigenvalue weighted by atomic mass is 10.2. The number of hydrogen-bond donors (Lipinski definition) is 0. The van der Waals surface area contributed by atoms with Crippen molar-refractivity contribution in [2.45, 2.75) is 19.0 Å². The molecule has 1 fully saturated rings. The number of rotatable bonds is 6. The Morgan fingerprint density at radius 2 is 2.12 bits per heavy atom. The first-order valence-electron chi connectivity index (χ1n) is 7.94. The zero-order valence-corrected chi connectivity index (χ0v) is 16.9. The predicted molar refractivity (Wildman–Crippen MR) is 104 cm³/mol. The summed E-state index contributed by atoms with van der Waals surface area (Å²) >= 11 is 13.5. The number of sulfone groups is 1. The van der Waals surface area contributed by atoms with E-state index in [0.717, 1.165) is 4.88 Å². The van der Waals surface area contributed by atoms with Crippen LogP contribution in [0.1, 0.15) is 11.3 Å². The smallest absolute Gasteiger partial charge is 0.261 e. The minimum Gasteiger partial charge on any atom is -0.482 e. The first-order valence-corrected chi connectivity index (χ1v) is 11.4. The number of thiophene rings is 1. The molecule has 26 heavy (non-hydrogen) atoms. The maximum atomic E-state index is 12.8. The van der Waals surface area contributed by atoms with Gasteiger partial charge in [0.2, 0.25) is 0 Å². The van der Waals surface area contributed by atoms with Gasteiger partial charge in [-0.25, -0.2) is 8.42 Å². The third-order valence-electron chi connectivity index (χ3n) is 4.12. The van der Waals surface area contributed by atoms with Gasteiger partial charge in [0, 0.05) is 22.0 Å². The summed E-state index contributed by atoms with van der Waals surface area (Å²) in [5.74, 6) is 0.133. The van der Waals surface area contributed by atoms with Crippen LogP contribution in [0, 0.1) is 0 Å². The average molecular weight is 434 g/mol. The first-order chi connectivity index (χ1) is 12.3. The highest BCUT2D eigenvalue weighted by atomic mass is 35.5. The van der Waals surface area contributed by atoms with Crippen LogP contribution in [0.5, 0.6) is 5.75 Å². The van der Waals surface area contributed by atoms with Crippen LogP contribution in [-0.2, 0) is 21.2 Å². The van der Waals surface area contributed by atoms with Gasteiger partial charge in [-0.1, -0.05) is 29.3 Å². The number of carbonyl (C=O) groups is 1. The van der Waals surface area contributed by atoms with Crippen molar-refractivity contribution in [1.82, 2.24) is 4.90 Å². The van der Waals surface area contributed by atoms with Crippen molar-refractivity contribution in [3.05, 3.63) is 50.6 Å². The van der Waals surface area contributed by atoms with Crippen molar-refractivity contribution < 1.29 is 17.9 Å². The highest BCUT2D eigenvalue weighted by Crippen LogP contribution is 2.28. The van der Waals surface area contributed by atoms with Crippen molar-refractivity contribution in [2.24, 2.45) is 0 Å². The molecule has 0 radical (unpaired) electrons. The fourth-order valence-electron chi connectivity index (χ4n) is 2.82. The number of nitrogens with zero attached hydrogens (tertiary/aromatic N) is 1. The number of halogens is 2. The average Bonchev–Trinajstić information content (AvgIpc) is 3.22. The molecule has 1 amide bonds. The number of benzene rings is 1. The molecule has 1 unspecified atom stereocenters. The van der Waals surface area contributed by atoms with Crippen molar-refractivity contribution in [2.75, 3.05) is 18.1 Å². The predicted octanol–water partition coefficient (Wildman–Crippen LogP) is 3.65. The molecule has 1 aromatic heterocycles. The SMILES string of the molecule is O=C(COc1cc(Cl)ccc1Cl)N(Cc1cccs1)C1CCS(=O)(=O)C1. The Kier molecular flexibility index (Phi) is 6.12. The first kappa shape index (κ1) is 19.5. The molecule has 9 heteroatoms. The zero-order valence-electron chi connectivity index (χ0n) is 13.7. The molecular weight excluding hydrogens is 417 g/mol. The number of carbonyl (C=O) groups excluding carboxylic acids is 1. The Bertz CT molecular complexity index is 884. The highest BCUT2D eigenvalue weighted by Gasteiger charge is 2.35. The lowest BCUT2D eigenvalue weighted by molar-refractivity contribution is -0.135. The van der Waals surface area contributed by atoms with Gasteiger partial charge in [0.1, 0.15) is 5.75 Å². The summed E-state index contributed by atoms with van der Waals surface area (Å²) in [5.41, 5.74) is 0. The molecule has 0 saturated carbocycles. The van der Waals surface area contributed by atoms with Crippen LogP contribution in [-0.4, -0.2) is 43.4 Å². The molecule has 1 saturated heterocycles. The molecule has 2 aromatic rings. The van der Waals surface area contributed by atoms with E-state index in [4.69, 9.17) is 27.9 Å². The largest absolute Gasteiger partial charge is 0.482 e. The van der Waals surface area contributed by atoms with Gasteiger partial charge in [-0.05, 0) is 30.0 Å². The second-order valence-electron chi connectivity index (χ2n) is 6.02. The van der Waals surface area contributed by atoms with Gasteiger partial charge in [-0.15, -0.1) is 11.3 Å². The molecule has 5 nitrogen and oxygen atoms in total. The van der Waals surface area contributed by atoms with Gasteiger partial charge >= 0.3 is 0 Å². The van der Waals surface area contributed by atoms with Crippen molar-refractivity contribution in [3.63, 3.8) is 0 Å². The molecule has 1 aromatic carbocycles. The molecule has 0 aliphatic carbocycles. The van der Waals surface area contributed by atoms with Gasteiger partial charge in [-0.2, -0.15) is 0 Å². The highest BCUT2D eigenvalue weighted by molar-refractivity contribution is 7.91. The van der Waals surface area contributed by atoms with Crippen molar-refractivity contribution in [1.29, 1.82) is 0 Å². The molecule has 0 bridgehead atoms. The summed E-state index contributed by atoms with van der Waals surface area (Å²) in [6, 6.07) is 8.25. The lowest BCUT2D eigenvalue weighted by Crippen LogP contribution is -2.42. The topological polar surface area (TPSA) is 63.7 Å². The van der Waals surface area contributed by atoms with Crippen LogP contribution in [0.15, 0.2) is 35.7 Å². The second kappa shape index (κ2) is 8.17. The molecule has 1 atom stereocenters. The van der Waals surface area contributed by atoms with Gasteiger partial charge in [0.25, 0.3) is 5.91 Å². The fourth-order valence-corrected chi connectivity index (χ4v) is 5.59. The third-order valence-corrected chi connectivity index (χ3v) is 7.28. The number of amides is 1. The van der Waals surface area contributed by atoms with E-state index in [-0.39, 0.29) is 30.1 Å². The van der Waals surface area contributed by atoms with Crippen LogP contribution >= 0.6 is 34.5 Å². The maximum absolute atomic E-state index is 12.8. The molecule has 140 valence electrons. The Balaban J connectivity index is 1.73. The van der Waals surface area contributed by atoms with Gasteiger partial charge in [0.05, 0.1) is 23.1 Å². The van der Waals surface area contributed by atoms with E-state index in [2.05, 4.69) is 0 Å². The van der Waals surface area contributed by atoms with Crippen LogP contribution in [0.4, 0.5) is 0 Å². The van der Waals surface area contributed by atoms with Gasteiger partial charge in [-0.3, -0.25) is 4.79 Å². The van der Waals surface area contributed by atoms with Crippen LogP contribution in [0.25, 0.3) is 0 Å². The summed E-state index contributed by atoms with van der Waals surface area (Å²) in [7, 11) is -3.10. The molecule has 2 heterocycles. The van der Waals surface area contributed by atoms with Crippen LogP contribution in [0.2, 0.25) is 10.0 Å².